The van der Waals surface area contributed by atoms with Crippen LogP contribution >= 0.6 is 0 Å². The molecule has 3 amide bonds. The monoisotopic (exact) mass is 624 g/mol. The molecule has 2 fully saturated rings. The molecule has 2 aromatic carbocycles. The first kappa shape index (κ1) is 32.8. The molecule has 0 radical (unpaired) electrons. The van der Waals surface area contributed by atoms with Crippen molar-refractivity contribution in [3.63, 3.8) is 0 Å². The van der Waals surface area contributed by atoms with E-state index in [0.717, 1.165) is 23.2 Å². The molecule has 0 aliphatic carbocycles. The molecule has 0 saturated carbocycles. The number of piperazine rings is 1. The number of hydrogen-bond donors (Lipinski definition) is 3. The van der Waals surface area contributed by atoms with Crippen LogP contribution in [0.15, 0.2) is 42.5 Å². The maximum Gasteiger partial charge on any atom is 0.407 e. The zero-order valence-electron chi connectivity index (χ0n) is 26.4. The number of nitrogens with two attached hydrogens (primary N) is 1. The van der Waals surface area contributed by atoms with Gasteiger partial charge in [0.2, 0.25) is 11.8 Å². The average molecular weight is 625 g/mol. The minimum Gasteiger partial charge on any atom is -0.465 e. The molecule has 4 atom stereocenters. The van der Waals surface area contributed by atoms with Crippen LogP contribution < -0.4 is 16.0 Å². The average Bonchev–Trinajstić information content (AvgIpc) is 3.32. The van der Waals surface area contributed by atoms with Gasteiger partial charge in [0, 0.05) is 69.6 Å². The third-order valence-corrected chi connectivity index (χ3v) is 9.46. The molecule has 0 bridgehead atoms. The van der Waals surface area contributed by atoms with E-state index in [1.54, 1.807) is 17.0 Å². The number of nitrogens with zero attached hydrogens (tertiary/aromatic N) is 4. The van der Waals surface area contributed by atoms with Gasteiger partial charge in [-0.15, -0.1) is 0 Å². The molecule has 12 heteroatoms. The van der Waals surface area contributed by atoms with Gasteiger partial charge in [-0.2, -0.15) is 0 Å². The lowest BCUT2D eigenvalue weighted by Gasteiger charge is -2.47. The van der Waals surface area contributed by atoms with Gasteiger partial charge in [0.05, 0.1) is 25.2 Å². The van der Waals surface area contributed by atoms with Gasteiger partial charge in [0.15, 0.2) is 0 Å². The SMILES string of the molecule is C[C@@H]1COCCN1C[C@H]1CN(C(=O)O)[C@H](C)CN1CC(=O)N1C[C@](C)(C(=O)NCCN)c2ccc(Cc3ccc(F)cc3)cc21. The van der Waals surface area contributed by atoms with Crippen molar-refractivity contribution in [2.24, 2.45) is 5.73 Å². The number of nitrogens with one attached hydrogen (secondary N) is 1. The van der Waals surface area contributed by atoms with Gasteiger partial charge >= 0.3 is 6.09 Å². The van der Waals surface area contributed by atoms with E-state index in [4.69, 9.17) is 10.5 Å². The number of halogens is 1. The van der Waals surface area contributed by atoms with E-state index in [9.17, 15) is 23.9 Å². The number of rotatable bonds is 9. The molecule has 0 unspecified atom stereocenters. The van der Waals surface area contributed by atoms with Crippen molar-refractivity contribution in [1.29, 1.82) is 0 Å². The Bertz CT molecular complexity index is 1390. The third kappa shape index (κ3) is 7.14. The maximum absolute atomic E-state index is 14.3. The first-order chi connectivity index (χ1) is 21.5. The first-order valence-electron chi connectivity index (χ1n) is 15.7. The largest absolute Gasteiger partial charge is 0.465 e. The maximum atomic E-state index is 14.3. The topological polar surface area (TPSA) is 132 Å². The van der Waals surface area contributed by atoms with Crippen molar-refractivity contribution < 1.29 is 28.6 Å². The Morgan fingerprint density at radius 2 is 1.80 bits per heavy atom. The minimum atomic E-state index is -0.980. The smallest absolute Gasteiger partial charge is 0.407 e. The lowest BCUT2D eigenvalue weighted by Crippen LogP contribution is -2.64. The van der Waals surface area contributed by atoms with E-state index in [1.165, 1.54) is 17.0 Å². The van der Waals surface area contributed by atoms with Gasteiger partial charge < -0.3 is 30.7 Å². The molecule has 0 spiro atoms. The standard InChI is InChI=1S/C33H45FN6O5/c1-22-16-38(27(18-39(22)32(43)44)17-37-12-13-45-20-23(37)2)19-30(41)40-21-33(3,31(42)36-11-10-35)28-9-6-25(15-29(28)40)14-24-4-7-26(34)8-5-24/h4-9,15,22-23,27H,10-14,16-21,35H2,1-3H3,(H,36,42)(H,43,44)/t22-,23-,27+,33+/m1/s1. The predicted molar refractivity (Wildman–Crippen MR) is 169 cm³/mol. The summed E-state index contributed by atoms with van der Waals surface area (Å²) in [5.41, 5.74) is 8.00. The molecule has 0 aromatic heterocycles. The molecular formula is C33H45FN6O5. The van der Waals surface area contributed by atoms with Crippen molar-refractivity contribution in [1.82, 2.24) is 20.0 Å². The summed E-state index contributed by atoms with van der Waals surface area (Å²) in [4.78, 5) is 47.4. The lowest BCUT2D eigenvalue weighted by molar-refractivity contribution is -0.126. The summed E-state index contributed by atoms with van der Waals surface area (Å²) in [7, 11) is 0. The number of fused-ring (bicyclic) bond motifs is 1. The molecule has 4 N–H and O–H groups in total. The molecule has 2 saturated heterocycles. The molecule has 45 heavy (non-hydrogen) atoms. The lowest BCUT2D eigenvalue weighted by atomic mass is 9.83. The number of carbonyl (C=O) groups is 3. The second kappa shape index (κ2) is 13.8. The van der Waals surface area contributed by atoms with Crippen molar-refractivity contribution in [3.8, 4) is 0 Å². The number of amides is 3. The highest BCUT2D eigenvalue weighted by atomic mass is 19.1. The van der Waals surface area contributed by atoms with Crippen molar-refractivity contribution in [3.05, 3.63) is 65.0 Å². The van der Waals surface area contributed by atoms with Gasteiger partial charge in [-0.3, -0.25) is 19.4 Å². The number of benzene rings is 2. The molecule has 5 rings (SSSR count). The summed E-state index contributed by atoms with van der Waals surface area (Å²) in [6, 6.07) is 11.9. The Morgan fingerprint density at radius 1 is 1.07 bits per heavy atom. The van der Waals surface area contributed by atoms with Crippen LogP contribution in [0, 0.1) is 5.82 Å². The van der Waals surface area contributed by atoms with Crippen LogP contribution in [-0.2, 0) is 26.2 Å². The van der Waals surface area contributed by atoms with Crippen LogP contribution in [0.2, 0.25) is 0 Å². The van der Waals surface area contributed by atoms with Crippen LogP contribution in [0.3, 0.4) is 0 Å². The summed E-state index contributed by atoms with van der Waals surface area (Å²) >= 11 is 0. The number of carbonyl (C=O) groups excluding carboxylic acids is 2. The Balaban J connectivity index is 1.42. The fourth-order valence-electron chi connectivity index (χ4n) is 6.80. The second-order valence-corrected chi connectivity index (χ2v) is 12.8. The highest BCUT2D eigenvalue weighted by Gasteiger charge is 2.47. The zero-order chi connectivity index (χ0) is 32.3. The Hall–Kier alpha value is -3.58. The second-order valence-electron chi connectivity index (χ2n) is 12.8. The quantitative estimate of drug-likeness (QED) is 0.386. The van der Waals surface area contributed by atoms with Gasteiger partial charge in [-0.1, -0.05) is 24.3 Å². The zero-order valence-corrected chi connectivity index (χ0v) is 26.4. The van der Waals surface area contributed by atoms with E-state index in [0.29, 0.717) is 58.0 Å². The summed E-state index contributed by atoms with van der Waals surface area (Å²) in [6.45, 7) is 10.0. The van der Waals surface area contributed by atoms with Crippen LogP contribution in [-0.4, -0.2) is 121 Å². The Morgan fingerprint density at radius 3 is 2.49 bits per heavy atom. The number of anilines is 1. The van der Waals surface area contributed by atoms with Gasteiger partial charge in [-0.25, -0.2) is 9.18 Å². The van der Waals surface area contributed by atoms with Gasteiger partial charge in [0.25, 0.3) is 0 Å². The highest BCUT2D eigenvalue weighted by Crippen LogP contribution is 2.42. The molecular weight excluding hydrogens is 579 g/mol. The van der Waals surface area contributed by atoms with Crippen LogP contribution in [0.5, 0.6) is 0 Å². The van der Waals surface area contributed by atoms with Crippen LogP contribution in [0.25, 0.3) is 0 Å². The fraction of sp³-hybridized carbons (Fsp3) is 0.545. The molecule has 3 heterocycles. The van der Waals surface area contributed by atoms with Gasteiger partial charge in [-0.05, 0) is 62.1 Å². The number of hydrogen-bond acceptors (Lipinski definition) is 7. The predicted octanol–water partition coefficient (Wildman–Crippen LogP) is 1.87. The van der Waals surface area contributed by atoms with Gasteiger partial charge in [0.1, 0.15) is 5.82 Å². The molecule has 2 aromatic rings. The minimum absolute atomic E-state index is 0.0866. The Kier molecular flexibility index (Phi) is 10.1. The molecule has 3 aliphatic heterocycles. The molecule has 244 valence electrons. The van der Waals surface area contributed by atoms with Crippen molar-refractivity contribution in [2.45, 2.75) is 50.7 Å². The summed E-state index contributed by atoms with van der Waals surface area (Å²) < 4.78 is 19.1. The van der Waals surface area contributed by atoms with Crippen molar-refractivity contribution >= 4 is 23.6 Å². The molecule has 3 aliphatic rings. The third-order valence-electron chi connectivity index (χ3n) is 9.46. The van der Waals surface area contributed by atoms with Crippen LogP contribution in [0.4, 0.5) is 14.9 Å². The summed E-state index contributed by atoms with van der Waals surface area (Å²) in [5.74, 6) is -0.649. The van der Waals surface area contributed by atoms with E-state index in [1.807, 2.05) is 32.0 Å². The summed E-state index contributed by atoms with van der Waals surface area (Å²) in [6.07, 6.45) is -0.421. The van der Waals surface area contributed by atoms with Crippen LogP contribution in [0.1, 0.15) is 37.5 Å². The highest BCUT2D eigenvalue weighted by molar-refractivity contribution is 6.03. The summed E-state index contributed by atoms with van der Waals surface area (Å²) in [5, 5.41) is 12.8. The Labute approximate surface area is 264 Å². The number of morpholine rings is 1. The van der Waals surface area contributed by atoms with E-state index in [2.05, 4.69) is 22.0 Å². The number of carboxylic acid groups (broad SMARTS) is 1. The van der Waals surface area contributed by atoms with E-state index >= 15 is 0 Å². The first-order valence-corrected chi connectivity index (χ1v) is 15.7. The van der Waals surface area contributed by atoms with E-state index in [-0.39, 0.29) is 48.8 Å². The normalized spacial score (nSPS) is 25.7. The molecule has 11 nitrogen and oxygen atoms in total. The van der Waals surface area contributed by atoms with E-state index < -0.39 is 11.5 Å². The fourth-order valence-corrected chi connectivity index (χ4v) is 6.80. The number of ether oxygens (including phenoxy) is 1. The van der Waals surface area contributed by atoms with Crippen molar-refractivity contribution in [2.75, 3.05) is 70.5 Å².